The van der Waals surface area contributed by atoms with Gasteiger partial charge in [0.25, 0.3) is 0 Å². The molecule has 0 spiro atoms. The standard InChI is InChI=1S/C17H16N4O4/c1-11(19)13(9-18)15(22)10-25-17(24)14-7-8-16(23)21(20-14)12-5-3-2-4-6-12/h2-7,13,20H,1,8,10,19H2/p+1/t13-/m0/s1. The number of quaternary nitrogens is 1. The Morgan fingerprint density at radius 2 is 2.08 bits per heavy atom. The van der Waals surface area contributed by atoms with Crippen LogP contribution in [-0.2, 0) is 19.1 Å². The largest absolute Gasteiger partial charge is 0.453 e. The van der Waals surface area contributed by atoms with Crippen molar-refractivity contribution in [2.45, 2.75) is 6.42 Å². The third kappa shape index (κ3) is 4.31. The molecule has 1 heterocycles. The molecule has 1 amide bonds. The summed E-state index contributed by atoms with van der Waals surface area (Å²) >= 11 is 0. The monoisotopic (exact) mass is 341 g/mol. The minimum Gasteiger partial charge on any atom is -0.453 e. The van der Waals surface area contributed by atoms with Crippen LogP contribution in [0.2, 0.25) is 0 Å². The number of Topliss-reactive ketones (excluding diaryl/α,β-unsaturated/α-hetero) is 1. The molecule has 1 atom stereocenters. The first-order chi connectivity index (χ1) is 11.9. The molecule has 4 N–H and O–H groups in total. The second-order valence-electron chi connectivity index (χ2n) is 5.26. The number of amides is 1. The van der Waals surface area contributed by atoms with Gasteiger partial charge < -0.3 is 10.5 Å². The number of hydrogen-bond donors (Lipinski definition) is 2. The predicted octanol–water partition coefficient (Wildman–Crippen LogP) is -0.181. The normalized spacial score (nSPS) is 14.6. The second kappa shape index (κ2) is 7.90. The summed E-state index contributed by atoms with van der Waals surface area (Å²) in [6.07, 6.45) is 1.40. The van der Waals surface area contributed by atoms with Gasteiger partial charge in [-0.25, -0.2) is 9.80 Å². The minimum absolute atomic E-state index is 0.0107. The van der Waals surface area contributed by atoms with Gasteiger partial charge in [-0.2, -0.15) is 5.26 Å². The van der Waals surface area contributed by atoms with Crippen LogP contribution in [0, 0.1) is 17.2 Å². The summed E-state index contributed by atoms with van der Waals surface area (Å²) in [5, 5.41) is 10.1. The zero-order chi connectivity index (χ0) is 18.4. The smallest absolute Gasteiger partial charge is 0.356 e. The van der Waals surface area contributed by atoms with Crippen molar-refractivity contribution in [2.24, 2.45) is 5.92 Å². The summed E-state index contributed by atoms with van der Waals surface area (Å²) in [7, 11) is 0. The van der Waals surface area contributed by atoms with Gasteiger partial charge in [-0.1, -0.05) is 18.2 Å². The third-order valence-corrected chi connectivity index (χ3v) is 3.40. The average Bonchev–Trinajstić information content (AvgIpc) is 2.61. The van der Waals surface area contributed by atoms with Gasteiger partial charge in [0.2, 0.25) is 5.91 Å². The van der Waals surface area contributed by atoms with Gasteiger partial charge in [-0.05, 0) is 24.8 Å². The number of nitrogens with one attached hydrogen (secondary N) is 1. The zero-order valence-electron chi connectivity index (χ0n) is 13.4. The van der Waals surface area contributed by atoms with E-state index in [1.165, 1.54) is 11.1 Å². The van der Waals surface area contributed by atoms with Crippen LogP contribution in [-0.4, -0.2) is 24.3 Å². The lowest BCUT2D eigenvalue weighted by Crippen LogP contribution is -2.52. The molecule has 0 fully saturated rings. The van der Waals surface area contributed by atoms with E-state index in [1.807, 2.05) is 0 Å². The number of hydrazine groups is 1. The highest BCUT2D eigenvalue weighted by Crippen LogP contribution is 2.17. The van der Waals surface area contributed by atoms with Gasteiger partial charge in [0, 0.05) is 6.42 Å². The van der Waals surface area contributed by atoms with E-state index < -0.39 is 24.3 Å². The van der Waals surface area contributed by atoms with E-state index in [2.05, 4.69) is 17.7 Å². The molecule has 1 aliphatic rings. The highest BCUT2D eigenvalue weighted by Gasteiger charge is 2.27. The van der Waals surface area contributed by atoms with Crippen LogP contribution < -0.4 is 16.2 Å². The summed E-state index contributed by atoms with van der Waals surface area (Å²) in [6.45, 7) is 2.87. The molecule has 0 unspecified atom stereocenters. The Morgan fingerprint density at radius 1 is 1.40 bits per heavy atom. The average molecular weight is 341 g/mol. The molecule has 0 aliphatic carbocycles. The second-order valence-corrected chi connectivity index (χ2v) is 5.26. The number of carbonyl (C=O) groups is 3. The van der Waals surface area contributed by atoms with Crippen LogP contribution >= 0.6 is 0 Å². The van der Waals surface area contributed by atoms with E-state index in [4.69, 9.17) is 10.00 Å². The number of rotatable bonds is 6. The van der Waals surface area contributed by atoms with Crippen LogP contribution in [0.5, 0.6) is 0 Å². The van der Waals surface area contributed by atoms with E-state index in [-0.39, 0.29) is 23.7 Å². The molecule has 0 bridgehead atoms. The predicted molar refractivity (Wildman–Crippen MR) is 86.9 cm³/mol. The first-order valence-electron chi connectivity index (χ1n) is 7.39. The van der Waals surface area contributed by atoms with Crippen LogP contribution in [0.15, 0.2) is 54.4 Å². The number of nitriles is 1. The van der Waals surface area contributed by atoms with Crippen molar-refractivity contribution in [1.29, 1.82) is 5.26 Å². The fourth-order valence-electron chi connectivity index (χ4n) is 2.11. The molecule has 0 saturated heterocycles. The Morgan fingerprint density at radius 3 is 2.68 bits per heavy atom. The molecule has 1 aromatic carbocycles. The molecule has 0 aromatic heterocycles. The van der Waals surface area contributed by atoms with Crippen LogP contribution in [0.25, 0.3) is 0 Å². The van der Waals surface area contributed by atoms with E-state index in [9.17, 15) is 14.4 Å². The third-order valence-electron chi connectivity index (χ3n) is 3.40. The Bertz CT molecular complexity index is 780. The van der Waals surface area contributed by atoms with E-state index in [1.54, 1.807) is 36.4 Å². The van der Waals surface area contributed by atoms with Crippen molar-refractivity contribution in [2.75, 3.05) is 11.6 Å². The van der Waals surface area contributed by atoms with Crippen molar-refractivity contribution in [3.8, 4) is 6.07 Å². The maximum Gasteiger partial charge on any atom is 0.356 e. The number of ether oxygens (including phenoxy) is 1. The highest BCUT2D eigenvalue weighted by atomic mass is 16.5. The number of nitrogens with zero attached hydrogens (tertiary/aromatic N) is 2. The van der Waals surface area contributed by atoms with Gasteiger partial charge >= 0.3 is 5.97 Å². The molecular formula is C17H17N4O4+. The number of allylic oxidation sites excluding steroid dienone is 1. The number of carbonyl (C=O) groups excluding carboxylic acids is 3. The van der Waals surface area contributed by atoms with Crippen molar-refractivity contribution in [3.05, 3.63) is 54.4 Å². The quantitative estimate of drug-likeness (QED) is 0.691. The number of hydrogen-bond acceptors (Lipinski definition) is 6. The van der Waals surface area contributed by atoms with Crippen molar-refractivity contribution in [3.63, 3.8) is 0 Å². The Balaban J connectivity index is 2.00. The fourth-order valence-corrected chi connectivity index (χ4v) is 2.11. The number of benzene rings is 1. The lowest BCUT2D eigenvalue weighted by molar-refractivity contribution is -0.309. The lowest BCUT2D eigenvalue weighted by atomic mass is 10.0. The van der Waals surface area contributed by atoms with E-state index in [0.29, 0.717) is 5.69 Å². The minimum atomic E-state index is -1.12. The molecule has 0 saturated carbocycles. The Labute approximate surface area is 144 Å². The first kappa shape index (κ1) is 17.9. The van der Waals surface area contributed by atoms with Gasteiger partial charge in [0.15, 0.2) is 18.3 Å². The van der Waals surface area contributed by atoms with Crippen molar-refractivity contribution >= 4 is 23.3 Å². The Kier molecular flexibility index (Phi) is 5.66. The highest BCUT2D eigenvalue weighted by molar-refractivity contribution is 6.00. The number of esters is 1. The maximum atomic E-state index is 12.1. The number of para-hydroxylation sites is 1. The molecular weight excluding hydrogens is 324 g/mol. The van der Waals surface area contributed by atoms with Crippen molar-refractivity contribution < 1.29 is 24.9 Å². The summed E-state index contributed by atoms with van der Waals surface area (Å²) in [5.41, 5.74) is 6.87. The molecule has 25 heavy (non-hydrogen) atoms. The first-order valence-corrected chi connectivity index (χ1v) is 7.39. The SMILES string of the molecule is C=C([NH3+])[C@H](C#N)C(=O)COC(=O)C1=CCC(=O)N(c2ccccc2)N1. The Hall–Kier alpha value is -3.44. The molecule has 8 heteroatoms. The molecule has 2 rings (SSSR count). The molecule has 0 radical (unpaired) electrons. The molecule has 1 aliphatic heterocycles. The number of anilines is 1. The van der Waals surface area contributed by atoms with E-state index in [0.717, 1.165) is 0 Å². The van der Waals surface area contributed by atoms with Gasteiger partial charge in [-0.3, -0.25) is 15.0 Å². The lowest BCUT2D eigenvalue weighted by Gasteiger charge is -2.28. The van der Waals surface area contributed by atoms with E-state index >= 15 is 0 Å². The van der Waals surface area contributed by atoms with Crippen molar-refractivity contribution in [1.82, 2.24) is 5.43 Å². The maximum absolute atomic E-state index is 12.1. The topological polar surface area (TPSA) is 127 Å². The summed E-state index contributed by atoms with van der Waals surface area (Å²) in [6, 6.07) is 10.5. The number of ketones is 1. The molecule has 8 nitrogen and oxygen atoms in total. The molecule has 128 valence electrons. The van der Waals surface area contributed by atoms with Crippen LogP contribution in [0.3, 0.4) is 0 Å². The van der Waals surface area contributed by atoms with Gasteiger partial charge in [0.1, 0.15) is 11.4 Å². The van der Waals surface area contributed by atoms with Crippen LogP contribution in [0.4, 0.5) is 5.69 Å². The zero-order valence-corrected chi connectivity index (χ0v) is 13.4. The van der Waals surface area contributed by atoms with Gasteiger partial charge in [0.05, 0.1) is 11.8 Å². The summed E-state index contributed by atoms with van der Waals surface area (Å²) in [4.78, 5) is 35.9. The molecule has 1 aromatic rings. The summed E-state index contributed by atoms with van der Waals surface area (Å²) in [5.74, 6) is -2.77. The fraction of sp³-hybridized carbons (Fsp3) is 0.176. The van der Waals surface area contributed by atoms with Gasteiger partial charge in [-0.15, -0.1) is 0 Å². The summed E-state index contributed by atoms with van der Waals surface area (Å²) < 4.78 is 4.92. The van der Waals surface area contributed by atoms with Crippen LogP contribution in [0.1, 0.15) is 6.42 Å².